The number of hydrogen-bond acceptors (Lipinski definition) is 3. The maximum absolute atomic E-state index is 12.8. The molecular formula is C20H22N2O3. The van der Waals surface area contributed by atoms with Gasteiger partial charge in [0.25, 0.3) is 0 Å². The molecule has 0 heterocycles. The van der Waals surface area contributed by atoms with Gasteiger partial charge in [-0.15, -0.1) is 0 Å². The smallest absolute Gasteiger partial charge is 0.313 e. The number of nitrogens with one attached hydrogen (secondary N) is 1. The van der Waals surface area contributed by atoms with E-state index in [9.17, 15) is 14.7 Å². The van der Waals surface area contributed by atoms with Gasteiger partial charge in [-0.25, -0.2) is 0 Å². The Morgan fingerprint density at radius 2 is 1.80 bits per heavy atom. The number of carbonyl (C=O) groups excluding carboxylic acids is 2. The normalized spacial score (nSPS) is 15.5. The number of aryl methyl sites for hydroxylation is 1. The van der Waals surface area contributed by atoms with Gasteiger partial charge in [0.15, 0.2) is 0 Å². The summed E-state index contributed by atoms with van der Waals surface area (Å²) in [6.45, 7) is 0.342. The van der Waals surface area contributed by atoms with Gasteiger partial charge in [-0.1, -0.05) is 42.5 Å². The molecule has 1 aliphatic rings. The molecule has 5 nitrogen and oxygen atoms in total. The number of benzene rings is 2. The number of fused-ring (bicyclic) bond motifs is 1. The summed E-state index contributed by atoms with van der Waals surface area (Å²) in [7, 11) is 0. The molecule has 0 fully saturated rings. The van der Waals surface area contributed by atoms with E-state index in [1.165, 1.54) is 5.56 Å². The minimum atomic E-state index is -0.645. The van der Waals surface area contributed by atoms with Gasteiger partial charge in [0.05, 0.1) is 6.04 Å². The van der Waals surface area contributed by atoms with Gasteiger partial charge in [-0.3, -0.25) is 9.59 Å². The zero-order valence-electron chi connectivity index (χ0n) is 14.0. The Labute approximate surface area is 147 Å². The molecule has 2 N–H and O–H groups in total. The first kappa shape index (κ1) is 17.2. The van der Waals surface area contributed by atoms with E-state index >= 15 is 0 Å². The number of aliphatic hydroxyl groups is 1. The van der Waals surface area contributed by atoms with Crippen LogP contribution in [0.25, 0.3) is 0 Å². The van der Waals surface area contributed by atoms with Crippen molar-refractivity contribution in [2.24, 2.45) is 0 Å². The minimum absolute atomic E-state index is 0.0154. The molecule has 0 aromatic heterocycles. The van der Waals surface area contributed by atoms with Crippen molar-refractivity contribution in [2.75, 3.05) is 18.5 Å². The monoisotopic (exact) mass is 338 g/mol. The van der Waals surface area contributed by atoms with Gasteiger partial charge in [-0.05, 0) is 42.5 Å². The van der Waals surface area contributed by atoms with Gasteiger partial charge >= 0.3 is 11.8 Å². The molecule has 0 spiro atoms. The number of nitrogens with zero attached hydrogens (tertiary/aromatic N) is 1. The number of aliphatic hydroxyl groups excluding tert-OH is 1. The molecule has 1 atom stereocenters. The fourth-order valence-electron chi connectivity index (χ4n) is 3.33. The summed E-state index contributed by atoms with van der Waals surface area (Å²) in [6, 6.07) is 16.8. The number of rotatable bonds is 5. The van der Waals surface area contributed by atoms with Gasteiger partial charge < -0.3 is 15.3 Å². The average molecular weight is 338 g/mol. The molecule has 2 aromatic carbocycles. The highest BCUT2D eigenvalue weighted by Crippen LogP contribution is 2.35. The predicted molar refractivity (Wildman–Crippen MR) is 96.0 cm³/mol. The van der Waals surface area contributed by atoms with Crippen LogP contribution >= 0.6 is 0 Å². The minimum Gasteiger partial charge on any atom is -0.396 e. The highest BCUT2D eigenvalue weighted by atomic mass is 16.3. The summed E-state index contributed by atoms with van der Waals surface area (Å²) < 4.78 is 0. The summed E-state index contributed by atoms with van der Waals surface area (Å²) in [5.74, 6) is -1.20. The number of carbonyl (C=O) groups is 2. The van der Waals surface area contributed by atoms with Gasteiger partial charge in [-0.2, -0.15) is 0 Å². The van der Waals surface area contributed by atoms with E-state index in [0.29, 0.717) is 18.7 Å². The van der Waals surface area contributed by atoms with E-state index in [1.807, 2.05) is 24.3 Å². The zero-order chi connectivity index (χ0) is 17.6. The molecule has 2 amide bonds. The molecule has 1 unspecified atom stereocenters. The van der Waals surface area contributed by atoms with Crippen LogP contribution < -0.4 is 5.32 Å². The quantitative estimate of drug-likeness (QED) is 0.823. The summed E-state index contributed by atoms with van der Waals surface area (Å²) in [6.07, 6.45) is 2.14. The summed E-state index contributed by atoms with van der Waals surface area (Å²) in [5, 5.41) is 11.8. The van der Waals surface area contributed by atoms with Crippen molar-refractivity contribution < 1.29 is 14.7 Å². The van der Waals surface area contributed by atoms with Gasteiger partial charge in [0.1, 0.15) is 0 Å². The molecule has 3 rings (SSSR count). The number of anilines is 1. The molecule has 25 heavy (non-hydrogen) atoms. The first-order chi connectivity index (χ1) is 12.2. The Bertz CT molecular complexity index is 746. The van der Waals surface area contributed by atoms with Crippen molar-refractivity contribution in [1.82, 2.24) is 4.90 Å². The molecule has 0 saturated heterocycles. The lowest BCUT2D eigenvalue weighted by atomic mass is 10.1. The molecular weight excluding hydrogens is 316 g/mol. The number of para-hydroxylation sites is 1. The molecule has 5 heteroatoms. The Kier molecular flexibility index (Phi) is 5.46. The molecule has 1 aliphatic carbocycles. The molecule has 2 aromatic rings. The highest BCUT2D eigenvalue weighted by molar-refractivity contribution is 6.39. The maximum Gasteiger partial charge on any atom is 0.313 e. The van der Waals surface area contributed by atoms with Crippen LogP contribution in [0.15, 0.2) is 54.6 Å². The fraction of sp³-hybridized carbons (Fsp3) is 0.300. The number of amides is 2. The predicted octanol–water partition coefficient (Wildman–Crippen LogP) is 2.52. The van der Waals surface area contributed by atoms with E-state index in [1.54, 1.807) is 29.2 Å². The lowest BCUT2D eigenvalue weighted by Gasteiger charge is -2.29. The first-order valence-electron chi connectivity index (χ1n) is 8.56. The van der Waals surface area contributed by atoms with Crippen molar-refractivity contribution >= 4 is 17.5 Å². The molecule has 0 bridgehead atoms. The van der Waals surface area contributed by atoms with Crippen LogP contribution in [-0.2, 0) is 16.0 Å². The Morgan fingerprint density at radius 1 is 1.08 bits per heavy atom. The third-order valence-electron chi connectivity index (χ3n) is 4.52. The maximum atomic E-state index is 12.8. The van der Waals surface area contributed by atoms with E-state index in [4.69, 9.17) is 0 Å². The largest absolute Gasteiger partial charge is 0.396 e. The van der Waals surface area contributed by atoms with E-state index in [-0.39, 0.29) is 12.6 Å². The third kappa shape index (κ3) is 3.88. The fourth-order valence-corrected chi connectivity index (χ4v) is 3.33. The van der Waals surface area contributed by atoms with Crippen LogP contribution in [-0.4, -0.2) is 35.0 Å². The first-order valence-corrected chi connectivity index (χ1v) is 8.56. The average Bonchev–Trinajstić information content (AvgIpc) is 3.07. The van der Waals surface area contributed by atoms with Crippen molar-refractivity contribution in [3.63, 3.8) is 0 Å². The lowest BCUT2D eigenvalue weighted by Crippen LogP contribution is -2.42. The second kappa shape index (κ2) is 7.94. The molecule has 0 radical (unpaired) electrons. The van der Waals surface area contributed by atoms with Gasteiger partial charge in [0.2, 0.25) is 0 Å². The van der Waals surface area contributed by atoms with Crippen molar-refractivity contribution in [2.45, 2.75) is 25.3 Å². The van der Waals surface area contributed by atoms with Gasteiger partial charge in [0, 0.05) is 18.8 Å². The van der Waals surface area contributed by atoms with E-state index in [2.05, 4.69) is 11.4 Å². The SMILES string of the molecule is O=C(Nc1ccccc1)C(=O)N(CCCO)C1CCc2ccccc21. The van der Waals surface area contributed by atoms with Crippen LogP contribution in [0, 0.1) is 0 Å². The van der Waals surface area contributed by atoms with E-state index in [0.717, 1.165) is 18.4 Å². The zero-order valence-corrected chi connectivity index (χ0v) is 14.0. The third-order valence-corrected chi connectivity index (χ3v) is 4.52. The molecule has 0 aliphatic heterocycles. The van der Waals surface area contributed by atoms with Crippen molar-refractivity contribution in [3.8, 4) is 0 Å². The summed E-state index contributed by atoms with van der Waals surface area (Å²) in [5.41, 5.74) is 2.91. The second-order valence-corrected chi connectivity index (χ2v) is 6.15. The van der Waals surface area contributed by atoms with E-state index < -0.39 is 11.8 Å². The van der Waals surface area contributed by atoms with Crippen LogP contribution in [0.4, 0.5) is 5.69 Å². The van der Waals surface area contributed by atoms with Crippen LogP contribution in [0.2, 0.25) is 0 Å². The Balaban J connectivity index is 1.78. The highest BCUT2D eigenvalue weighted by Gasteiger charge is 2.33. The standard InChI is InChI=1S/C20H22N2O3/c23-14-6-13-22(18-12-11-15-7-4-5-10-17(15)18)20(25)19(24)21-16-8-2-1-3-9-16/h1-5,7-10,18,23H,6,11-14H2,(H,21,24). The molecule has 0 saturated carbocycles. The Morgan fingerprint density at radius 3 is 2.56 bits per heavy atom. The number of hydrogen-bond donors (Lipinski definition) is 2. The Hall–Kier alpha value is -2.66. The van der Waals surface area contributed by atoms with Crippen LogP contribution in [0.3, 0.4) is 0 Å². The topological polar surface area (TPSA) is 69.6 Å². The van der Waals surface area contributed by atoms with Crippen molar-refractivity contribution in [1.29, 1.82) is 0 Å². The van der Waals surface area contributed by atoms with Crippen molar-refractivity contribution in [3.05, 3.63) is 65.7 Å². The summed E-state index contributed by atoms with van der Waals surface area (Å²) in [4.78, 5) is 26.8. The van der Waals surface area contributed by atoms with Crippen LogP contribution in [0.1, 0.15) is 30.0 Å². The second-order valence-electron chi connectivity index (χ2n) is 6.15. The van der Waals surface area contributed by atoms with Crippen LogP contribution in [0.5, 0.6) is 0 Å². The lowest BCUT2D eigenvalue weighted by molar-refractivity contribution is -0.145. The summed E-state index contributed by atoms with van der Waals surface area (Å²) >= 11 is 0. The molecule has 130 valence electrons.